The van der Waals surface area contributed by atoms with E-state index in [1.54, 1.807) is 0 Å². The van der Waals surface area contributed by atoms with Gasteiger partial charge in [0.2, 0.25) is 5.83 Å². The molecule has 0 bridgehead atoms. The molecule has 0 aromatic heterocycles. The zero-order valence-electron chi connectivity index (χ0n) is 5.68. The Hall–Kier alpha value is -0.910. The van der Waals surface area contributed by atoms with Gasteiger partial charge >= 0.3 is 5.92 Å². The first-order valence-electron chi connectivity index (χ1n) is 2.84. The van der Waals surface area contributed by atoms with Gasteiger partial charge in [-0.25, -0.2) is 13.2 Å². The summed E-state index contributed by atoms with van der Waals surface area (Å²) in [5.41, 5.74) is 0. The summed E-state index contributed by atoms with van der Waals surface area (Å²) >= 11 is 4.70. The van der Waals surface area contributed by atoms with Crippen molar-refractivity contribution in [1.82, 2.24) is 0 Å². The SMILES string of the molecule is O=C1C(Cl)=C(F)C(F)=C(F)C1(F)F. The smallest absolute Gasteiger partial charge is 0.286 e. The zero-order chi connectivity index (χ0) is 10.4. The lowest BCUT2D eigenvalue weighted by atomic mass is 10.1. The number of allylic oxidation sites excluding steroid dienone is 4. The maximum absolute atomic E-state index is 12.4. The van der Waals surface area contributed by atoms with Gasteiger partial charge in [0.05, 0.1) is 0 Å². The van der Waals surface area contributed by atoms with Gasteiger partial charge in [0.25, 0.3) is 5.78 Å². The Balaban J connectivity index is 3.41. The van der Waals surface area contributed by atoms with E-state index in [1.165, 1.54) is 0 Å². The fourth-order valence-corrected chi connectivity index (χ4v) is 0.869. The fourth-order valence-electron chi connectivity index (χ4n) is 0.668. The van der Waals surface area contributed by atoms with Crippen LogP contribution in [0.2, 0.25) is 0 Å². The summed E-state index contributed by atoms with van der Waals surface area (Å²) in [7, 11) is 0. The first kappa shape index (κ1) is 10.2. The second-order valence-electron chi connectivity index (χ2n) is 2.16. The molecule has 0 aliphatic heterocycles. The molecule has 72 valence electrons. The average molecular weight is 219 g/mol. The minimum absolute atomic E-state index is 1.64. The summed E-state index contributed by atoms with van der Waals surface area (Å²) in [5.74, 6) is -14.3. The molecular formula is C6ClF5O. The predicted molar refractivity (Wildman–Crippen MR) is 33.2 cm³/mol. The third kappa shape index (κ3) is 1.25. The molecule has 0 saturated heterocycles. The van der Waals surface area contributed by atoms with E-state index in [4.69, 9.17) is 11.6 Å². The predicted octanol–water partition coefficient (Wildman–Crippen LogP) is 2.77. The highest BCUT2D eigenvalue weighted by Gasteiger charge is 2.52. The van der Waals surface area contributed by atoms with E-state index in [2.05, 4.69) is 0 Å². The van der Waals surface area contributed by atoms with E-state index in [-0.39, 0.29) is 0 Å². The van der Waals surface area contributed by atoms with Crippen LogP contribution in [0.5, 0.6) is 0 Å². The molecule has 1 aliphatic rings. The molecule has 0 heterocycles. The van der Waals surface area contributed by atoms with Crippen LogP contribution in [-0.4, -0.2) is 11.7 Å². The molecule has 0 atom stereocenters. The fraction of sp³-hybridized carbons (Fsp3) is 0.167. The Bertz CT molecular complexity index is 343. The molecule has 1 rings (SSSR count). The summed E-state index contributed by atoms with van der Waals surface area (Å²) in [4.78, 5) is 10.4. The number of hydrogen-bond donors (Lipinski definition) is 0. The van der Waals surface area contributed by atoms with Crippen LogP contribution in [0.1, 0.15) is 0 Å². The van der Waals surface area contributed by atoms with Crippen molar-refractivity contribution in [2.24, 2.45) is 0 Å². The lowest BCUT2D eigenvalue weighted by Gasteiger charge is -2.17. The number of ketones is 1. The molecule has 0 aromatic rings. The van der Waals surface area contributed by atoms with Crippen LogP contribution in [0.3, 0.4) is 0 Å². The number of carbonyl (C=O) groups is 1. The largest absolute Gasteiger partial charge is 0.364 e. The average Bonchev–Trinajstić information content (AvgIpc) is 2.09. The number of halogens is 6. The molecule has 1 aliphatic carbocycles. The van der Waals surface area contributed by atoms with Crippen molar-refractivity contribution in [3.05, 3.63) is 22.5 Å². The van der Waals surface area contributed by atoms with Gasteiger partial charge in [-0.1, -0.05) is 11.6 Å². The van der Waals surface area contributed by atoms with E-state index in [1.807, 2.05) is 0 Å². The molecule has 13 heavy (non-hydrogen) atoms. The summed E-state index contributed by atoms with van der Waals surface area (Å²) in [6.45, 7) is 0. The van der Waals surface area contributed by atoms with Gasteiger partial charge < -0.3 is 0 Å². The van der Waals surface area contributed by atoms with Crippen molar-refractivity contribution in [2.45, 2.75) is 5.92 Å². The summed E-state index contributed by atoms with van der Waals surface area (Å²) in [6, 6.07) is 0. The van der Waals surface area contributed by atoms with E-state index in [0.29, 0.717) is 0 Å². The summed E-state index contributed by atoms with van der Waals surface area (Å²) in [6.07, 6.45) is 0. The summed E-state index contributed by atoms with van der Waals surface area (Å²) in [5, 5.41) is -1.64. The molecule has 0 aromatic carbocycles. The minimum Gasteiger partial charge on any atom is -0.286 e. The van der Waals surface area contributed by atoms with Crippen molar-refractivity contribution < 1.29 is 26.7 Å². The van der Waals surface area contributed by atoms with Crippen molar-refractivity contribution in [1.29, 1.82) is 0 Å². The minimum atomic E-state index is -4.71. The van der Waals surface area contributed by atoms with E-state index < -0.39 is 34.2 Å². The highest BCUT2D eigenvalue weighted by atomic mass is 35.5. The van der Waals surface area contributed by atoms with E-state index in [9.17, 15) is 26.7 Å². The van der Waals surface area contributed by atoms with Gasteiger partial charge in [-0.15, -0.1) is 0 Å². The van der Waals surface area contributed by atoms with Gasteiger partial charge in [-0.3, -0.25) is 4.79 Å². The first-order chi connectivity index (χ1) is 5.80. The molecule has 0 amide bonds. The van der Waals surface area contributed by atoms with E-state index >= 15 is 0 Å². The molecule has 0 saturated carbocycles. The Morgan fingerprint density at radius 3 is 2.00 bits per heavy atom. The van der Waals surface area contributed by atoms with Crippen LogP contribution in [0, 0.1) is 0 Å². The lowest BCUT2D eigenvalue weighted by Crippen LogP contribution is -2.33. The molecule has 0 radical (unpaired) electrons. The molecule has 0 unspecified atom stereocenters. The number of carbonyl (C=O) groups excluding carboxylic acids is 1. The topological polar surface area (TPSA) is 17.1 Å². The quantitative estimate of drug-likeness (QED) is 0.572. The highest BCUT2D eigenvalue weighted by molar-refractivity contribution is 6.44. The maximum atomic E-state index is 12.4. The molecule has 1 nitrogen and oxygen atoms in total. The van der Waals surface area contributed by atoms with Gasteiger partial charge in [0, 0.05) is 0 Å². The maximum Gasteiger partial charge on any atom is 0.364 e. The third-order valence-electron chi connectivity index (χ3n) is 1.34. The van der Waals surface area contributed by atoms with Crippen molar-refractivity contribution in [2.75, 3.05) is 0 Å². The van der Waals surface area contributed by atoms with Gasteiger partial charge in [0.15, 0.2) is 11.7 Å². The Labute approximate surface area is 73.5 Å². The van der Waals surface area contributed by atoms with Crippen molar-refractivity contribution in [3.63, 3.8) is 0 Å². The number of rotatable bonds is 0. The van der Waals surface area contributed by atoms with E-state index in [0.717, 1.165) is 0 Å². The molecule has 0 fully saturated rings. The first-order valence-corrected chi connectivity index (χ1v) is 3.22. The van der Waals surface area contributed by atoms with Crippen LogP contribution in [-0.2, 0) is 4.79 Å². The van der Waals surface area contributed by atoms with Crippen molar-refractivity contribution in [3.8, 4) is 0 Å². The van der Waals surface area contributed by atoms with Crippen LogP contribution in [0.15, 0.2) is 22.5 Å². The molecular weight excluding hydrogens is 219 g/mol. The van der Waals surface area contributed by atoms with Crippen molar-refractivity contribution >= 4 is 17.4 Å². The third-order valence-corrected chi connectivity index (χ3v) is 1.68. The summed E-state index contributed by atoms with van der Waals surface area (Å²) < 4.78 is 61.5. The standard InChI is InChI=1S/C6ClF5O/c7-1-2(8)3(9)4(10)6(11,12)5(1)13. The van der Waals surface area contributed by atoms with Crippen LogP contribution >= 0.6 is 11.6 Å². The molecule has 0 spiro atoms. The van der Waals surface area contributed by atoms with Crippen LogP contribution < -0.4 is 0 Å². The number of hydrogen-bond acceptors (Lipinski definition) is 1. The van der Waals surface area contributed by atoms with Crippen LogP contribution in [0.25, 0.3) is 0 Å². The Kier molecular flexibility index (Phi) is 2.19. The second kappa shape index (κ2) is 2.80. The van der Waals surface area contributed by atoms with Crippen LogP contribution in [0.4, 0.5) is 22.0 Å². The zero-order valence-corrected chi connectivity index (χ0v) is 6.43. The van der Waals surface area contributed by atoms with Gasteiger partial charge in [-0.2, -0.15) is 8.78 Å². The van der Waals surface area contributed by atoms with Gasteiger partial charge in [-0.05, 0) is 0 Å². The lowest BCUT2D eigenvalue weighted by molar-refractivity contribution is -0.136. The highest BCUT2D eigenvalue weighted by Crippen LogP contribution is 2.41. The number of alkyl halides is 2. The molecule has 7 heteroatoms. The number of Topliss-reactive ketones (excluding diaryl/α,β-unsaturated/α-hetero) is 1. The normalized spacial score (nSPS) is 22.8. The Morgan fingerprint density at radius 1 is 1.08 bits per heavy atom. The Morgan fingerprint density at radius 2 is 1.54 bits per heavy atom. The monoisotopic (exact) mass is 218 g/mol. The second-order valence-corrected chi connectivity index (χ2v) is 2.54. The van der Waals surface area contributed by atoms with Gasteiger partial charge in [0.1, 0.15) is 5.03 Å². The molecule has 0 N–H and O–H groups in total.